The zero-order valence-corrected chi connectivity index (χ0v) is 18.8. The molecule has 0 unspecified atom stereocenters. The highest BCUT2D eigenvalue weighted by atomic mass is 19.4. The van der Waals surface area contributed by atoms with Gasteiger partial charge in [0, 0.05) is 24.5 Å². The van der Waals surface area contributed by atoms with Crippen LogP contribution in [0.5, 0.6) is 0 Å². The van der Waals surface area contributed by atoms with E-state index >= 15 is 0 Å². The quantitative estimate of drug-likeness (QED) is 0.512. The van der Waals surface area contributed by atoms with Gasteiger partial charge in [-0.05, 0) is 67.5 Å². The number of amides is 1. The summed E-state index contributed by atoms with van der Waals surface area (Å²) >= 11 is 0. The maximum absolute atomic E-state index is 13.3. The summed E-state index contributed by atoms with van der Waals surface area (Å²) in [5, 5.41) is 11.1. The molecule has 5 rings (SSSR count). The van der Waals surface area contributed by atoms with Crippen LogP contribution in [0, 0.1) is 5.92 Å². The first-order valence-electron chi connectivity index (χ1n) is 11.5. The van der Waals surface area contributed by atoms with Crippen LogP contribution in [0.15, 0.2) is 60.9 Å². The first-order valence-corrected chi connectivity index (χ1v) is 11.5. The van der Waals surface area contributed by atoms with E-state index in [1.807, 2.05) is 0 Å². The Bertz CT molecular complexity index is 1180. The van der Waals surface area contributed by atoms with E-state index in [1.54, 1.807) is 36.5 Å². The molecule has 3 heterocycles. The molecule has 3 aromatic rings. The predicted molar refractivity (Wildman–Crippen MR) is 124 cm³/mol. The number of pyridine rings is 1. The monoisotopic (exact) mass is 483 g/mol. The highest BCUT2D eigenvalue weighted by Crippen LogP contribution is 2.40. The molecule has 2 fully saturated rings. The molecule has 1 aromatic carbocycles. The molecule has 1 spiro atoms. The molecular formula is C25H24F3N5O2. The molecule has 2 aliphatic rings. The average Bonchev–Trinajstić information content (AvgIpc) is 3.19. The number of alkyl halides is 3. The van der Waals surface area contributed by atoms with Crippen LogP contribution in [0.1, 0.15) is 31.2 Å². The zero-order chi connectivity index (χ0) is 24.5. The summed E-state index contributed by atoms with van der Waals surface area (Å²) in [6.45, 7) is 1.15. The van der Waals surface area contributed by atoms with Crippen molar-refractivity contribution >= 4 is 17.7 Å². The third-order valence-corrected chi connectivity index (χ3v) is 6.70. The second-order valence-electron chi connectivity index (χ2n) is 9.02. The number of benzene rings is 1. The molecule has 7 nitrogen and oxygen atoms in total. The number of carbonyl (C=O) groups is 1. The number of halogens is 3. The van der Waals surface area contributed by atoms with Gasteiger partial charge >= 0.3 is 12.3 Å². The Morgan fingerprint density at radius 1 is 1.09 bits per heavy atom. The number of nitrogens with one attached hydrogen (secondary N) is 1. The van der Waals surface area contributed by atoms with E-state index in [1.165, 1.54) is 23.2 Å². The van der Waals surface area contributed by atoms with E-state index in [-0.39, 0.29) is 5.56 Å². The van der Waals surface area contributed by atoms with Gasteiger partial charge in [0.2, 0.25) is 0 Å². The Morgan fingerprint density at radius 3 is 2.57 bits per heavy atom. The highest BCUT2D eigenvalue weighted by Gasteiger charge is 2.48. The number of ether oxygens (including phenoxy) is 1. The van der Waals surface area contributed by atoms with Crippen molar-refractivity contribution in [2.24, 2.45) is 5.92 Å². The molecule has 0 atom stereocenters. The van der Waals surface area contributed by atoms with Gasteiger partial charge in [-0.2, -0.15) is 18.3 Å². The minimum absolute atomic E-state index is 0.110. The summed E-state index contributed by atoms with van der Waals surface area (Å²) in [5.74, 6) is 1.47. The van der Waals surface area contributed by atoms with Crippen LogP contribution in [-0.2, 0) is 10.9 Å². The van der Waals surface area contributed by atoms with Crippen molar-refractivity contribution in [1.29, 1.82) is 0 Å². The summed E-state index contributed by atoms with van der Waals surface area (Å²) in [7, 11) is 0. The van der Waals surface area contributed by atoms with Crippen molar-refractivity contribution in [1.82, 2.24) is 15.2 Å². The number of carbonyl (C=O) groups excluding carboxylic acids is 1. The minimum Gasteiger partial charge on any atom is -0.441 e. The van der Waals surface area contributed by atoms with Crippen LogP contribution in [0.25, 0.3) is 11.1 Å². The summed E-state index contributed by atoms with van der Waals surface area (Å²) in [6, 6.07) is 12.3. The first kappa shape index (κ1) is 23.1. The fourth-order valence-corrected chi connectivity index (χ4v) is 4.79. The lowest BCUT2D eigenvalue weighted by Gasteiger charge is -2.35. The van der Waals surface area contributed by atoms with Crippen LogP contribution in [0.2, 0.25) is 0 Å². The normalized spacial score (nSPS) is 22.3. The summed E-state index contributed by atoms with van der Waals surface area (Å²) < 4.78 is 45.7. The Morgan fingerprint density at radius 2 is 1.89 bits per heavy atom. The van der Waals surface area contributed by atoms with Crippen molar-refractivity contribution in [2.75, 3.05) is 23.3 Å². The lowest BCUT2D eigenvalue weighted by Crippen LogP contribution is -2.39. The van der Waals surface area contributed by atoms with Crippen molar-refractivity contribution in [3.63, 3.8) is 0 Å². The van der Waals surface area contributed by atoms with Crippen LogP contribution >= 0.6 is 0 Å². The lowest BCUT2D eigenvalue weighted by molar-refractivity contribution is -0.137. The second kappa shape index (κ2) is 9.16. The number of hydrogen-bond acceptors (Lipinski definition) is 6. The first-order chi connectivity index (χ1) is 16.8. The van der Waals surface area contributed by atoms with E-state index < -0.39 is 23.4 Å². The van der Waals surface area contributed by atoms with E-state index in [0.29, 0.717) is 36.2 Å². The number of rotatable bonds is 5. The molecular weight excluding hydrogens is 459 g/mol. The Hall–Kier alpha value is -3.69. The van der Waals surface area contributed by atoms with Gasteiger partial charge in [-0.3, -0.25) is 4.90 Å². The minimum atomic E-state index is -4.43. The van der Waals surface area contributed by atoms with Gasteiger partial charge in [0.1, 0.15) is 11.4 Å². The van der Waals surface area contributed by atoms with E-state index in [9.17, 15) is 18.0 Å². The van der Waals surface area contributed by atoms with Crippen molar-refractivity contribution < 1.29 is 22.7 Å². The van der Waals surface area contributed by atoms with E-state index in [0.717, 1.165) is 31.7 Å². The smallest absolute Gasteiger partial charge is 0.417 e. The van der Waals surface area contributed by atoms with Gasteiger partial charge in [0.25, 0.3) is 0 Å². The van der Waals surface area contributed by atoms with Crippen LogP contribution in [0.4, 0.5) is 29.6 Å². The highest BCUT2D eigenvalue weighted by molar-refractivity contribution is 5.89. The third-order valence-electron chi connectivity index (χ3n) is 6.70. The SMILES string of the molecule is O=C1O[C@]2(CC[C@H](CNc3ccc(-c4ccccc4C(F)(F)F)cn3)CC2)CN1c1cccnn1. The molecule has 1 aliphatic heterocycles. The molecule has 1 aliphatic carbocycles. The largest absolute Gasteiger partial charge is 0.441 e. The van der Waals surface area contributed by atoms with Crippen molar-refractivity contribution in [3.05, 3.63) is 66.5 Å². The van der Waals surface area contributed by atoms with Gasteiger partial charge in [-0.1, -0.05) is 18.2 Å². The van der Waals surface area contributed by atoms with Gasteiger partial charge in [0.15, 0.2) is 5.82 Å². The number of aromatic nitrogens is 3. The molecule has 0 radical (unpaired) electrons. The molecule has 1 saturated heterocycles. The predicted octanol–water partition coefficient (Wildman–Crippen LogP) is 5.56. The maximum atomic E-state index is 13.3. The molecule has 35 heavy (non-hydrogen) atoms. The lowest BCUT2D eigenvalue weighted by atomic mass is 9.78. The molecule has 0 bridgehead atoms. The fraction of sp³-hybridized carbons (Fsp3) is 0.360. The van der Waals surface area contributed by atoms with Crippen LogP contribution in [0.3, 0.4) is 0 Å². The Kier molecular flexibility index (Phi) is 6.04. The molecule has 2 aromatic heterocycles. The summed E-state index contributed by atoms with van der Waals surface area (Å²) in [4.78, 5) is 18.3. The summed E-state index contributed by atoms with van der Waals surface area (Å²) in [5.41, 5.74) is -0.655. The third kappa shape index (κ3) is 4.91. The Labute approximate surface area is 200 Å². The van der Waals surface area contributed by atoms with E-state index in [4.69, 9.17) is 4.74 Å². The van der Waals surface area contributed by atoms with Gasteiger partial charge in [-0.25, -0.2) is 9.78 Å². The Balaban J connectivity index is 1.16. The molecule has 1 amide bonds. The second-order valence-corrected chi connectivity index (χ2v) is 9.02. The van der Waals surface area contributed by atoms with Gasteiger partial charge < -0.3 is 10.1 Å². The molecule has 1 saturated carbocycles. The van der Waals surface area contributed by atoms with Gasteiger partial charge in [-0.15, -0.1) is 5.10 Å². The van der Waals surface area contributed by atoms with Crippen molar-refractivity contribution in [3.8, 4) is 11.1 Å². The van der Waals surface area contributed by atoms with Gasteiger partial charge in [0.05, 0.1) is 12.1 Å². The average molecular weight is 483 g/mol. The van der Waals surface area contributed by atoms with Crippen LogP contribution < -0.4 is 10.2 Å². The topological polar surface area (TPSA) is 80.2 Å². The van der Waals surface area contributed by atoms with E-state index in [2.05, 4.69) is 20.5 Å². The maximum Gasteiger partial charge on any atom is 0.417 e. The molecule has 182 valence electrons. The number of hydrogen-bond donors (Lipinski definition) is 1. The standard InChI is InChI=1S/C25H24F3N5O2/c26-25(27,28)20-5-2-1-4-19(20)18-7-8-21(30-15-18)29-14-17-9-11-24(12-10-17)16-33(23(34)35-24)22-6-3-13-31-32-22/h1-8,13,15,17H,9-12,14,16H2,(H,29,30)/t17-,24-. The summed E-state index contributed by atoms with van der Waals surface area (Å²) in [6.07, 6.45) is 1.47. The zero-order valence-electron chi connectivity index (χ0n) is 18.8. The number of nitrogens with zero attached hydrogens (tertiary/aromatic N) is 4. The fourth-order valence-electron chi connectivity index (χ4n) is 4.79. The molecule has 1 N–H and O–H groups in total. The number of anilines is 2. The van der Waals surface area contributed by atoms with Crippen LogP contribution in [-0.4, -0.2) is 40.0 Å². The molecule has 10 heteroatoms. The van der Waals surface area contributed by atoms with Crippen molar-refractivity contribution in [2.45, 2.75) is 37.5 Å².